The minimum atomic E-state index is -0.596. The molecule has 1 heterocycles. The molecule has 0 radical (unpaired) electrons. The van der Waals surface area contributed by atoms with Crippen LogP contribution in [-0.2, 0) is 9.53 Å². The van der Waals surface area contributed by atoms with Gasteiger partial charge in [-0.2, -0.15) is 0 Å². The molecule has 0 aliphatic rings. The summed E-state index contributed by atoms with van der Waals surface area (Å²) in [7, 11) is 0. The smallest absolute Gasteiger partial charge is 0.342 e. The highest BCUT2D eigenvalue weighted by Gasteiger charge is 2.21. The molecule has 0 atom stereocenters. The molecular weight excluding hydrogens is 334 g/mol. The first kappa shape index (κ1) is 19.4. The van der Waals surface area contributed by atoms with Gasteiger partial charge >= 0.3 is 5.97 Å². The molecule has 138 valence electrons. The highest BCUT2D eigenvalue weighted by molar-refractivity contribution is 6.00. The molecule has 1 aromatic carbocycles. The van der Waals surface area contributed by atoms with Crippen LogP contribution in [0.3, 0.4) is 0 Å². The number of anilines is 1. The largest absolute Gasteiger partial charge is 0.466 e. The monoisotopic (exact) mass is 357 g/mol. The molecule has 1 aromatic heterocycles. The second kappa shape index (κ2) is 7.56. The normalized spacial score (nSPS) is 11.1. The molecule has 0 saturated heterocycles. The molecule has 0 aliphatic carbocycles. The van der Waals surface area contributed by atoms with Crippen LogP contribution in [0, 0.1) is 19.3 Å². The predicted molar refractivity (Wildman–Crippen MR) is 97.3 cm³/mol. The number of carbonyl (C=O) groups is 3. The quantitative estimate of drug-likeness (QED) is 0.647. The van der Waals surface area contributed by atoms with Crippen LogP contribution in [0.15, 0.2) is 34.7 Å². The van der Waals surface area contributed by atoms with Crippen LogP contribution >= 0.6 is 0 Å². The van der Waals surface area contributed by atoms with Crippen molar-refractivity contribution in [1.29, 1.82) is 0 Å². The number of ketones is 1. The van der Waals surface area contributed by atoms with Gasteiger partial charge in [0.05, 0.1) is 0 Å². The molecular formula is C20H23NO5. The maximum atomic E-state index is 12.2. The highest BCUT2D eigenvalue weighted by atomic mass is 16.5. The van der Waals surface area contributed by atoms with Crippen LogP contribution in [0.5, 0.6) is 0 Å². The molecule has 0 unspecified atom stereocenters. The average molecular weight is 357 g/mol. The van der Waals surface area contributed by atoms with E-state index in [0.29, 0.717) is 28.3 Å². The van der Waals surface area contributed by atoms with Gasteiger partial charge in [-0.05, 0) is 44.2 Å². The SMILES string of the molecule is Cc1cc(C(=O)OCC(=O)c2ccc(NC(=O)C(C)(C)C)cc2)c(C)o1. The van der Waals surface area contributed by atoms with Crippen molar-refractivity contribution >= 4 is 23.3 Å². The summed E-state index contributed by atoms with van der Waals surface area (Å²) in [5.41, 5.74) is 0.803. The molecule has 0 saturated carbocycles. The number of esters is 1. The number of carbonyl (C=O) groups excluding carboxylic acids is 3. The van der Waals surface area contributed by atoms with Gasteiger partial charge in [0.2, 0.25) is 5.91 Å². The Morgan fingerprint density at radius 3 is 2.19 bits per heavy atom. The van der Waals surface area contributed by atoms with Gasteiger partial charge in [-0.3, -0.25) is 9.59 Å². The first-order chi connectivity index (χ1) is 12.1. The summed E-state index contributed by atoms with van der Waals surface area (Å²) in [6, 6.07) is 8.03. The summed E-state index contributed by atoms with van der Waals surface area (Å²) in [5.74, 6) is 0.0236. The first-order valence-electron chi connectivity index (χ1n) is 8.27. The van der Waals surface area contributed by atoms with E-state index in [4.69, 9.17) is 9.15 Å². The minimum absolute atomic E-state index is 0.115. The van der Waals surface area contributed by atoms with Gasteiger partial charge in [0.25, 0.3) is 0 Å². The zero-order valence-corrected chi connectivity index (χ0v) is 15.6. The topological polar surface area (TPSA) is 85.6 Å². The maximum Gasteiger partial charge on any atom is 0.342 e. The Hall–Kier alpha value is -2.89. The minimum Gasteiger partial charge on any atom is -0.466 e. The van der Waals surface area contributed by atoms with Crippen LogP contribution in [0.1, 0.15) is 53.0 Å². The molecule has 0 fully saturated rings. The highest BCUT2D eigenvalue weighted by Crippen LogP contribution is 2.18. The number of amides is 1. The van der Waals surface area contributed by atoms with Crippen molar-refractivity contribution in [2.75, 3.05) is 11.9 Å². The van der Waals surface area contributed by atoms with E-state index in [1.807, 2.05) is 20.8 Å². The Bertz CT molecular complexity index is 825. The standard InChI is InChI=1S/C20H23NO5/c1-12-10-16(13(2)26-12)18(23)25-11-17(22)14-6-8-15(9-7-14)21-19(24)20(3,4)5/h6-10H,11H2,1-5H3,(H,21,24). The maximum absolute atomic E-state index is 12.2. The zero-order chi connectivity index (χ0) is 19.5. The van der Waals surface area contributed by atoms with Crippen LogP contribution in [0.2, 0.25) is 0 Å². The van der Waals surface area contributed by atoms with Crippen molar-refractivity contribution in [3.63, 3.8) is 0 Å². The number of rotatable bonds is 5. The fourth-order valence-electron chi connectivity index (χ4n) is 2.18. The van der Waals surface area contributed by atoms with E-state index in [0.717, 1.165) is 0 Å². The molecule has 0 bridgehead atoms. The third kappa shape index (κ3) is 4.81. The lowest BCUT2D eigenvalue weighted by atomic mass is 9.95. The van der Waals surface area contributed by atoms with Crippen molar-refractivity contribution in [3.05, 3.63) is 53.0 Å². The fourth-order valence-corrected chi connectivity index (χ4v) is 2.18. The zero-order valence-electron chi connectivity index (χ0n) is 15.6. The lowest BCUT2D eigenvalue weighted by Gasteiger charge is -2.17. The van der Waals surface area contributed by atoms with E-state index < -0.39 is 11.4 Å². The van der Waals surface area contributed by atoms with E-state index in [-0.39, 0.29) is 18.3 Å². The molecule has 26 heavy (non-hydrogen) atoms. The average Bonchev–Trinajstić information content (AvgIpc) is 2.90. The molecule has 1 amide bonds. The van der Waals surface area contributed by atoms with Crippen molar-refractivity contribution in [2.45, 2.75) is 34.6 Å². The van der Waals surface area contributed by atoms with E-state index in [2.05, 4.69) is 5.32 Å². The Labute approximate surface area is 152 Å². The van der Waals surface area contributed by atoms with Crippen LogP contribution in [0.25, 0.3) is 0 Å². The number of furan rings is 1. The van der Waals surface area contributed by atoms with Crippen molar-refractivity contribution in [2.24, 2.45) is 5.41 Å². The Balaban J connectivity index is 1.94. The van der Waals surface area contributed by atoms with E-state index in [9.17, 15) is 14.4 Å². The van der Waals surface area contributed by atoms with Gasteiger partial charge in [-0.15, -0.1) is 0 Å². The van der Waals surface area contributed by atoms with Crippen LogP contribution in [0.4, 0.5) is 5.69 Å². The number of ether oxygens (including phenoxy) is 1. The lowest BCUT2D eigenvalue weighted by Crippen LogP contribution is -2.27. The fraction of sp³-hybridized carbons (Fsp3) is 0.350. The van der Waals surface area contributed by atoms with E-state index in [1.165, 1.54) is 0 Å². The molecule has 2 rings (SSSR count). The first-order valence-corrected chi connectivity index (χ1v) is 8.27. The van der Waals surface area contributed by atoms with Crippen LogP contribution < -0.4 is 5.32 Å². The van der Waals surface area contributed by atoms with Gasteiger partial charge in [0.15, 0.2) is 12.4 Å². The summed E-state index contributed by atoms with van der Waals surface area (Å²) < 4.78 is 10.3. The molecule has 6 nitrogen and oxygen atoms in total. The number of nitrogens with one attached hydrogen (secondary N) is 1. The van der Waals surface area contributed by atoms with Crippen LogP contribution in [-0.4, -0.2) is 24.3 Å². The number of benzene rings is 1. The summed E-state index contributed by atoms with van der Waals surface area (Å²) in [6.07, 6.45) is 0. The molecule has 6 heteroatoms. The Morgan fingerprint density at radius 1 is 1.08 bits per heavy atom. The van der Waals surface area contributed by atoms with E-state index >= 15 is 0 Å². The molecule has 0 spiro atoms. The van der Waals surface area contributed by atoms with Gasteiger partial charge in [-0.1, -0.05) is 20.8 Å². The summed E-state index contributed by atoms with van der Waals surface area (Å²) in [4.78, 5) is 36.1. The van der Waals surface area contributed by atoms with E-state index in [1.54, 1.807) is 44.2 Å². The second-order valence-electron chi connectivity index (χ2n) is 7.11. The summed E-state index contributed by atoms with van der Waals surface area (Å²) in [5, 5.41) is 2.78. The molecule has 0 aliphatic heterocycles. The second-order valence-corrected chi connectivity index (χ2v) is 7.11. The molecule has 1 N–H and O–H groups in total. The van der Waals surface area contributed by atoms with Gasteiger partial charge in [-0.25, -0.2) is 4.79 Å². The van der Waals surface area contributed by atoms with Gasteiger partial charge in [0, 0.05) is 16.7 Å². The Morgan fingerprint density at radius 2 is 1.69 bits per heavy atom. The Kier molecular flexibility index (Phi) is 5.65. The summed E-state index contributed by atoms with van der Waals surface area (Å²) >= 11 is 0. The predicted octanol–water partition coefficient (Wildman–Crippen LogP) is 3.92. The lowest BCUT2D eigenvalue weighted by molar-refractivity contribution is -0.123. The number of Topliss-reactive ketones (excluding diaryl/α,β-unsaturated/α-hetero) is 1. The van der Waals surface area contributed by atoms with Crippen molar-refractivity contribution in [1.82, 2.24) is 0 Å². The number of aryl methyl sites for hydroxylation is 2. The van der Waals surface area contributed by atoms with Crippen molar-refractivity contribution in [3.8, 4) is 0 Å². The van der Waals surface area contributed by atoms with Crippen molar-refractivity contribution < 1.29 is 23.5 Å². The molecule has 2 aromatic rings. The third-order valence-corrected chi connectivity index (χ3v) is 3.74. The number of hydrogen-bond donors (Lipinski definition) is 1. The summed E-state index contributed by atoms with van der Waals surface area (Å²) in [6.45, 7) is 8.48. The van der Waals surface area contributed by atoms with Gasteiger partial charge in [0.1, 0.15) is 17.1 Å². The number of hydrogen-bond acceptors (Lipinski definition) is 5. The van der Waals surface area contributed by atoms with Gasteiger partial charge < -0.3 is 14.5 Å². The third-order valence-electron chi connectivity index (χ3n) is 3.74.